The van der Waals surface area contributed by atoms with Crippen molar-refractivity contribution in [1.29, 1.82) is 0 Å². The Hall–Kier alpha value is -0.570. The van der Waals surface area contributed by atoms with Crippen LogP contribution in [0.5, 0.6) is 0 Å². The first-order valence-electron chi connectivity index (χ1n) is 2.71. The maximum absolute atomic E-state index is 10.3. The smallest absolute Gasteiger partial charge is 0.240 e. The van der Waals surface area contributed by atoms with Crippen LogP contribution in [0, 0.1) is 0 Å². The lowest BCUT2D eigenvalue weighted by atomic mass is 10.4. The summed E-state index contributed by atoms with van der Waals surface area (Å²) < 4.78 is 0. The molecule has 0 bridgehead atoms. The van der Waals surface area contributed by atoms with Crippen molar-refractivity contribution in [2.45, 2.75) is 13.3 Å². The molecular formula is C5H11N2O. The third-order valence-electron chi connectivity index (χ3n) is 0.720. The largest absolute Gasteiger partial charge is 0.329 e. The van der Waals surface area contributed by atoms with Crippen molar-refractivity contribution >= 4 is 5.91 Å². The van der Waals surface area contributed by atoms with Crippen molar-refractivity contribution in [3.8, 4) is 0 Å². The maximum Gasteiger partial charge on any atom is 0.240 e. The second-order valence-electron chi connectivity index (χ2n) is 1.42. The zero-order valence-electron chi connectivity index (χ0n) is 5.05. The van der Waals surface area contributed by atoms with Gasteiger partial charge in [-0.15, -0.1) is 0 Å². The maximum atomic E-state index is 10.3. The van der Waals surface area contributed by atoms with E-state index < -0.39 is 0 Å². The number of amides is 1. The number of carbonyl (C=O) groups is 1. The van der Waals surface area contributed by atoms with Gasteiger partial charge in [0.1, 0.15) is 0 Å². The van der Waals surface area contributed by atoms with E-state index in [1.165, 1.54) is 0 Å². The lowest BCUT2D eigenvalue weighted by Gasteiger charge is -1.93. The lowest BCUT2D eigenvalue weighted by Crippen LogP contribution is -2.21. The highest BCUT2D eigenvalue weighted by atomic mass is 16.1. The summed E-state index contributed by atoms with van der Waals surface area (Å²) in [5, 5.41) is 3.60. The summed E-state index contributed by atoms with van der Waals surface area (Å²) in [7, 11) is 0. The zero-order chi connectivity index (χ0) is 6.41. The fourth-order valence-electron chi connectivity index (χ4n) is 0.301. The fraction of sp³-hybridized carbons (Fsp3) is 0.800. The minimum Gasteiger partial charge on any atom is -0.329 e. The summed E-state index contributed by atoms with van der Waals surface area (Å²) in [4.78, 5) is 10.3. The van der Waals surface area contributed by atoms with Crippen LogP contribution in [-0.4, -0.2) is 19.0 Å². The molecule has 0 fully saturated rings. The minimum absolute atomic E-state index is 0.0598. The van der Waals surface area contributed by atoms with Crippen molar-refractivity contribution in [2.24, 2.45) is 5.73 Å². The SMILES string of the molecule is CCC(=O)[N]CCN. The van der Waals surface area contributed by atoms with Crippen LogP contribution < -0.4 is 11.1 Å². The molecule has 0 aromatic carbocycles. The quantitative estimate of drug-likeness (QED) is 0.538. The molecule has 0 saturated heterocycles. The number of hydrogen-bond acceptors (Lipinski definition) is 2. The Morgan fingerprint density at radius 1 is 1.75 bits per heavy atom. The van der Waals surface area contributed by atoms with Crippen LogP contribution in [0.4, 0.5) is 0 Å². The van der Waals surface area contributed by atoms with E-state index in [4.69, 9.17) is 5.73 Å². The van der Waals surface area contributed by atoms with Gasteiger partial charge in [0.2, 0.25) is 5.91 Å². The Morgan fingerprint density at radius 2 is 2.38 bits per heavy atom. The number of nitrogens with zero attached hydrogens (tertiary/aromatic N) is 1. The Labute approximate surface area is 49.3 Å². The Bertz CT molecular complexity index is 72.8. The molecule has 2 N–H and O–H groups in total. The van der Waals surface area contributed by atoms with Crippen LogP contribution >= 0.6 is 0 Å². The molecule has 3 heteroatoms. The highest BCUT2D eigenvalue weighted by Crippen LogP contribution is 1.73. The molecule has 0 aromatic rings. The molecule has 1 radical (unpaired) electrons. The summed E-state index contributed by atoms with van der Waals surface area (Å²) in [6, 6.07) is 0. The van der Waals surface area contributed by atoms with Crippen LogP contribution in [0.25, 0.3) is 0 Å². The average Bonchev–Trinajstić information content (AvgIpc) is 1.83. The zero-order valence-corrected chi connectivity index (χ0v) is 5.05. The molecule has 47 valence electrons. The molecule has 0 unspecified atom stereocenters. The Balaban J connectivity index is 2.99. The summed E-state index contributed by atoms with van der Waals surface area (Å²) in [5.74, 6) is -0.0598. The topological polar surface area (TPSA) is 57.2 Å². The van der Waals surface area contributed by atoms with E-state index in [9.17, 15) is 4.79 Å². The molecule has 0 saturated carbocycles. The van der Waals surface area contributed by atoms with Crippen LogP contribution in [0.2, 0.25) is 0 Å². The van der Waals surface area contributed by atoms with Gasteiger partial charge in [0.05, 0.1) is 6.54 Å². The first-order valence-corrected chi connectivity index (χ1v) is 2.71. The molecule has 0 aliphatic rings. The van der Waals surface area contributed by atoms with E-state index >= 15 is 0 Å². The minimum atomic E-state index is -0.0598. The summed E-state index contributed by atoms with van der Waals surface area (Å²) in [6.45, 7) is 2.71. The number of carbonyl (C=O) groups excluding carboxylic acids is 1. The number of nitrogens with two attached hydrogens (primary N) is 1. The van der Waals surface area contributed by atoms with Crippen molar-refractivity contribution in [1.82, 2.24) is 5.32 Å². The number of hydrogen-bond donors (Lipinski definition) is 1. The van der Waals surface area contributed by atoms with Gasteiger partial charge in [0, 0.05) is 13.0 Å². The standard InChI is InChI=1S/C5H11N2O/c1-2-5(8)7-4-3-6/h2-4,6H2,1H3. The van der Waals surface area contributed by atoms with E-state index in [1.807, 2.05) is 0 Å². The summed E-state index contributed by atoms with van der Waals surface area (Å²) >= 11 is 0. The van der Waals surface area contributed by atoms with Gasteiger partial charge in [-0.25, -0.2) is 0 Å². The molecule has 0 rings (SSSR count). The van der Waals surface area contributed by atoms with Crippen LogP contribution in [0.3, 0.4) is 0 Å². The molecule has 0 atom stereocenters. The first-order chi connectivity index (χ1) is 3.81. The van der Waals surface area contributed by atoms with Gasteiger partial charge in [-0.3, -0.25) is 10.1 Å². The predicted octanol–water partition coefficient (Wildman–Crippen LogP) is -0.514. The van der Waals surface area contributed by atoms with Crippen LogP contribution in [0.15, 0.2) is 0 Å². The molecule has 0 aliphatic carbocycles. The van der Waals surface area contributed by atoms with Crippen molar-refractivity contribution in [3.05, 3.63) is 0 Å². The van der Waals surface area contributed by atoms with Gasteiger partial charge < -0.3 is 5.73 Å². The van der Waals surface area contributed by atoms with Crippen LogP contribution in [-0.2, 0) is 4.79 Å². The van der Waals surface area contributed by atoms with Crippen LogP contribution in [0.1, 0.15) is 13.3 Å². The highest BCUT2D eigenvalue weighted by molar-refractivity contribution is 5.75. The summed E-state index contributed by atoms with van der Waals surface area (Å²) in [5.41, 5.74) is 5.09. The normalized spacial score (nSPS) is 8.75. The van der Waals surface area contributed by atoms with E-state index in [0.29, 0.717) is 19.5 Å². The third kappa shape index (κ3) is 3.61. The van der Waals surface area contributed by atoms with Crippen molar-refractivity contribution in [3.63, 3.8) is 0 Å². The summed E-state index contributed by atoms with van der Waals surface area (Å²) in [6.07, 6.45) is 0.486. The molecule has 0 heterocycles. The highest BCUT2D eigenvalue weighted by Gasteiger charge is 1.93. The average molecular weight is 115 g/mol. The third-order valence-corrected chi connectivity index (χ3v) is 0.720. The van der Waals surface area contributed by atoms with Gasteiger partial charge in [-0.05, 0) is 0 Å². The lowest BCUT2D eigenvalue weighted by molar-refractivity contribution is -0.121. The predicted molar refractivity (Wildman–Crippen MR) is 31.4 cm³/mol. The van der Waals surface area contributed by atoms with E-state index in [1.54, 1.807) is 6.92 Å². The molecule has 0 aromatic heterocycles. The second kappa shape index (κ2) is 4.59. The molecule has 1 amide bonds. The Morgan fingerprint density at radius 3 is 2.75 bits per heavy atom. The Kier molecular flexibility index (Phi) is 4.26. The second-order valence-corrected chi connectivity index (χ2v) is 1.42. The molecule has 3 nitrogen and oxygen atoms in total. The van der Waals surface area contributed by atoms with Gasteiger partial charge in [0.15, 0.2) is 0 Å². The first kappa shape index (κ1) is 7.43. The van der Waals surface area contributed by atoms with E-state index in [2.05, 4.69) is 5.32 Å². The van der Waals surface area contributed by atoms with Gasteiger partial charge in [-0.1, -0.05) is 6.92 Å². The van der Waals surface area contributed by atoms with E-state index in [-0.39, 0.29) is 5.91 Å². The van der Waals surface area contributed by atoms with Gasteiger partial charge in [0.25, 0.3) is 0 Å². The molecule has 8 heavy (non-hydrogen) atoms. The van der Waals surface area contributed by atoms with Crippen molar-refractivity contribution in [2.75, 3.05) is 13.1 Å². The van der Waals surface area contributed by atoms with Gasteiger partial charge >= 0.3 is 0 Å². The fourth-order valence-corrected chi connectivity index (χ4v) is 0.301. The van der Waals surface area contributed by atoms with E-state index in [0.717, 1.165) is 0 Å². The van der Waals surface area contributed by atoms with Crippen molar-refractivity contribution < 1.29 is 4.79 Å². The number of rotatable bonds is 3. The molecule has 0 aliphatic heterocycles. The van der Waals surface area contributed by atoms with Gasteiger partial charge in [-0.2, -0.15) is 0 Å². The monoisotopic (exact) mass is 115 g/mol. The molecule has 0 spiro atoms. The molecular weight excluding hydrogens is 104 g/mol.